The van der Waals surface area contributed by atoms with E-state index in [1.165, 1.54) is 5.56 Å². The summed E-state index contributed by atoms with van der Waals surface area (Å²) in [5.74, 6) is 0.483. The lowest BCUT2D eigenvalue weighted by atomic mass is 9.86. The molecule has 0 amide bonds. The van der Waals surface area contributed by atoms with Gasteiger partial charge < -0.3 is 10.4 Å². The van der Waals surface area contributed by atoms with Gasteiger partial charge in [-0.1, -0.05) is 29.8 Å². The average Bonchev–Trinajstić information content (AvgIpc) is 2.30. The van der Waals surface area contributed by atoms with Crippen LogP contribution < -0.4 is 5.32 Å². The number of hydrogen-bond donors (Lipinski definition) is 2. The Bertz CT molecular complexity index is 329. The van der Waals surface area contributed by atoms with E-state index in [0.29, 0.717) is 5.92 Å². The molecule has 15 heavy (non-hydrogen) atoms. The highest BCUT2D eigenvalue weighted by molar-refractivity contribution is 6.31. The van der Waals surface area contributed by atoms with E-state index in [-0.39, 0.29) is 12.6 Å². The Balaban J connectivity index is 2.13. The molecule has 1 saturated heterocycles. The zero-order valence-corrected chi connectivity index (χ0v) is 9.37. The highest BCUT2D eigenvalue weighted by atomic mass is 35.5. The molecule has 0 aromatic heterocycles. The molecule has 2 nitrogen and oxygen atoms in total. The first-order valence-electron chi connectivity index (χ1n) is 5.40. The van der Waals surface area contributed by atoms with E-state index < -0.39 is 0 Å². The Labute approximate surface area is 95.3 Å². The second-order valence-corrected chi connectivity index (χ2v) is 4.48. The number of hydrogen-bond acceptors (Lipinski definition) is 2. The van der Waals surface area contributed by atoms with Crippen molar-refractivity contribution >= 4 is 11.6 Å². The maximum absolute atomic E-state index is 9.13. The molecule has 3 heteroatoms. The molecule has 0 saturated carbocycles. The summed E-state index contributed by atoms with van der Waals surface area (Å²) in [6.45, 7) is 1.17. The standard InChI is InChI=1S/C12H16ClNO/c13-12-4-2-1-3-11(12)9-5-6-14-10(7-9)8-15/h1-4,9-10,14-15H,5-8H2. The largest absolute Gasteiger partial charge is 0.395 e. The zero-order chi connectivity index (χ0) is 10.7. The zero-order valence-electron chi connectivity index (χ0n) is 8.62. The molecular weight excluding hydrogens is 210 g/mol. The van der Waals surface area contributed by atoms with Crippen LogP contribution in [0.3, 0.4) is 0 Å². The quantitative estimate of drug-likeness (QED) is 0.809. The van der Waals surface area contributed by atoms with Crippen LogP contribution >= 0.6 is 11.6 Å². The van der Waals surface area contributed by atoms with Crippen LogP contribution in [0.25, 0.3) is 0 Å². The van der Waals surface area contributed by atoms with E-state index in [4.69, 9.17) is 16.7 Å². The monoisotopic (exact) mass is 225 g/mol. The minimum atomic E-state index is 0.209. The van der Waals surface area contributed by atoms with E-state index in [1.807, 2.05) is 18.2 Å². The van der Waals surface area contributed by atoms with E-state index in [2.05, 4.69) is 11.4 Å². The molecule has 0 radical (unpaired) electrons. The lowest BCUT2D eigenvalue weighted by Gasteiger charge is -2.29. The molecule has 1 aromatic rings. The number of aliphatic hydroxyl groups is 1. The van der Waals surface area contributed by atoms with Crippen molar-refractivity contribution in [2.75, 3.05) is 13.2 Å². The molecule has 1 heterocycles. The topological polar surface area (TPSA) is 32.3 Å². The van der Waals surface area contributed by atoms with Crippen LogP contribution in [-0.4, -0.2) is 24.3 Å². The molecular formula is C12H16ClNO. The van der Waals surface area contributed by atoms with Gasteiger partial charge in [-0.2, -0.15) is 0 Å². The molecule has 2 N–H and O–H groups in total. The Hall–Kier alpha value is -0.570. The van der Waals surface area contributed by atoms with Crippen molar-refractivity contribution in [1.29, 1.82) is 0 Å². The van der Waals surface area contributed by atoms with E-state index in [1.54, 1.807) is 0 Å². The first kappa shape index (κ1) is 10.9. The van der Waals surface area contributed by atoms with Crippen LogP contribution in [0.5, 0.6) is 0 Å². The number of rotatable bonds is 2. The molecule has 0 bridgehead atoms. The molecule has 82 valence electrons. The SMILES string of the molecule is OCC1CC(c2ccccc2Cl)CCN1. The number of halogens is 1. The van der Waals surface area contributed by atoms with Crippen LogP contribution in [0, 0.1) is 0 Å². The summed E-state index contributed by atoms with van der Waals surface area (Å²) >= 11 is 6.17. The van der Waals surface area contributed by atoms with Gasteiger partial charge in [-0.3, -0.25) is 0 Å². The Morgan fingerprint density at radius 1 is 1.40 bits per heavy atom. The van der Waals surface area contributed by atoms with Gasteiger partial charge in [0.15, 0.2) is 0 Å². The van der Waals surface area contributed by atoms with Gasteiger partial charge >= 0.3 is 0 Å². The van der Waals surface area contributed by atoms with Gasteiger partial charge in [0.05, 0.1) is 6.61 Å². The lowest BCUT2D eigenvalue weighted by Crippen LogP contribution is -2.39. The molecule has 1 fully saturated rings. The predicted molar refractivity (Wildman–Crippen MR) is 62.3 cm³/mol. The molecule has 1 aromatic carbocycles. The van der Waals surface area contributed by atoms with Crippen LogP contribution in [0.1, 0.15) is 24.3 Å². The molecule has 2 unspecified atom stereocenters. The lowest BCUT2D eigenvalue weighted by molar-refractivity contribution is 0.210. The summed E-state index contributed by atoms with van der Waals surface area (Å²) in [6.07, 6.45) is 2.07. The number of nitrogens with one attached hydrogen (secondary N) is 1. The second kappa shape index (κ2) is 4.97. The minimum Gasteiger partial charge on any atom is -0.395 e. The minimum absolute atomic E-state index is 0.209. The van der Waals surface area contributed by atoms with Gasteiger partial charge in [0.25, 0.3) is 0 Å². The molecule has 1 aliphatic heterocycles. The van der Waals surface area contributed by atoms with Gasteiger partial charge in [0.1, 0.15) is 0 Å². The van der Waals surface area contributed by atoms with Crippen molar-refractivity contribution in [2.24, 2.45) is 0 Å². The molecule has 2 rings (SSSR count). The summed E-state index contributed by atoms with van der Waals surface area (Å²) in [6, 6.07) is 8.23. The van der Waals surface area contributed by atoms with Crippen LogP contribution in [0.4, 0.5) is 0 Å². The summed E-state index contributed by atoms with van der Waals surface area (Å²) in [5, 5.41) is 13.3. The number of piperidine rings is 1. The first-order valence-corrected chi connectivity index (χ1v) is 5.77. The maximum atomic E-state index is 9.13. The molecule has 1 aliphatic rings. The fraction of sp³-hybridized carbons (Fsp3) is 0.500. The van der Waals surface area contributed by atoms with Crippen molar-refractivity contribution in [1.82, 2.24) is 5.32 Å². The molecule has 2 atom stereocenters. The average molecular weight is 226 g/mol. The molecule has 0 aliphatic carbocycles. The van der Waals surface area contributed by atoms with Crippen molar-refractivity contribution in [3.63, 3.8) is 0 Å². The van der Waals surface area contributed by atoms with Gasteiger partial charge in [0.2, 0.25) is 0 Å². The molecule has 0 spiro atoms. The summed E-state index contributed by atoms with van der Waals surface area (Å²) < 4.78 is 0. The van der Waals surface area contributed by atoms with Crippen molar-refractivity contribution < 1.29 is 5.11 Å². The fourth-order valence-corrected chi connectivity index (χ4v) is 2.52. The van der Waals surface area contributed by atoms with Crippen LogP contribution in [0.2, 0.25) is 5.02 Å². The normalized spacial score (nSPS) is 26.5. The number of aliphatic hydroxyl groups excluding tert-OH is 1. The third kappa shape index (κ3) is 2.51. The highest BCUT2D eigenvalue weighted by Crippen LogP contribution is 2.32. The van der Waals surface area contributed by atoms with Gasteiger partial charge in [-0.05, 0) is 36.9 Å². The smallest absolute Gasteiger partial charge is 0.0584 e. The predicted octanol–water partition coefficient (Wildman–Crippen LogP) is 2.17. The second-order valence-electron chi connectivity index (χ2n) is 4.08. The van der Waals surface area contributed by atoms with Crippen LogP contribution in [0.15, 0.2) is 24.3 Å². The van der Waals surface area contributed by atoms with Crippen molar-refractivity contribution in [3.8, 4) is 0 Å². The van der Waals surface area contributed by atoms with Crippen molar-refractivity contribution in [3.05, 3.63) is 34.9 Å². The number of benzene rings is 1. The fourth-order valence-electron chi connectivity index (χ4n) is 2.23. The van der Waals surface area contributed by atoms with Gasteiger partial charge in [-0.25, -0.2) is 0 Å². The van der Waals surface area contributed by atoms with Gasteiger partial charge in [0, 0.05) is 11.1 Å². The van der Waals surface area contributed by atoms with E-state index in [9.17, 15) is 0 Å². The van der Waals surface area contributed by atoms with Crippen molar-refractivity contribution in [2.45, 2.75) is 24.8 Å². The summed E-state index contributed by atoms with van der Waals surface area (Å²) in [5.41, 5.74) is 1.22. The Kier molecular flexibility index (Phi) is 3.62. The highest BCUT2D eigenvalue weighted by Gasteiger charge is 2.23. The first-order chi connectivity index (χ1) is 7.31. The van der Waals surface area contributed by atoms with Gasteiger partial charge in [-0.15, -0.1) is 0 Å². The Morgan fingerprint density at radius 3 is 2.93 bits per heavy atom. The van der Waals surface area contributed by atoms with Crippen LogP contribution in [-0.2, 0) is 0 Å². The third-order valence-electron chi connectivity index (χ3n) is 3.06. The van der Waals surface area contributed by atoms with E-state index in [0.717, 1.165) is 24.4 Å². The van der Waals surface area contributed by atoms with E-state index >= 15 is 0 Å². The maximum Gasteiger partial charge on any atom is 0.0584 e. The Morgan fingerprint density at radius 2 is 2.20 bits per heavy atom. The summed E-state index contributed by atoms with van der Waals surface area (Å²) in [7, 11) is 0. The summed E-state index contributed by atoms with van der Waals surface area (Å²) in [4.78, 5) is 0. The third-order valence-corrected chi connectivity index (χ3v) is 3.40.